The Hall–Kier alpha value is -4.20. The van der Waals surface area contributed by atoms with Crippen molar-refractivity contribution in [2.24, 2.45) is 4.99 Å². The summed E-state index contributed by atoms with van der Waals surface area (Å²) >= 11 is 0. The first-order chi connectivity index (χ1) is 19.7. The third-order valence-corrected chi connectivity index (χ3v) is 6.20. The van der Waals surface area contributed by atoms with Crippen LogP contribution in [0.1, 0.15) is 90.7 Å². The van der Waals surface area contributed by atoms with Crippen LogP contribution in [0.3, 0.4) is 0 Å². The van der Waals surface area contributed by atoms with E-state index < -0.39 is 35.5 Å². The lowest BCUT2D eigenvalue weighted by Crippen LogP contribution is -2.47. The highest BCUT2D eigenvalue weighted by atomic mass is 16.7. The largest absolute Gasteiger partial charge is 0.444 e. The molecule has 4 amide bonds. The van der Waals surface area contributed by atoms with Crippen LogP contribution in [0.15, 0.2) is 39.7 Å². The second kappa shape index (κ2) is 12.3. The minimum atomic E-state index is -0.820. The van der Waals surface area contributed by atoms with Crippen molar-refractivity contribution in [2.75, 3.05) is 6.54 Å². The highest BCUT2D eigenvalue weighted by Gasteiger charge is 2.47. The molecule has 42 heavy (non-hydrogen) atoms. The summed E-state index contributed by atoms with van der Waals surface area (Å²) in [6, 6.07) is 8.13. The van der Waals surface area contributed by atoms with Crippen molar-refractivity contribution in [2.45, 2.75) is 97.2 Å². The second-order valence-corrected chi connectivity index (χ2v) is 12.2. The molecule has 0 saturated carbocycles. The number of alkyl carbamates (subject to hydrolysis) is 2. The number of hydrogen-bond donors (Lipinski definition) is 2. The predicted octanol–water partition coefficient (Wildman–Crippen LogP) is 4.61. The van der Waals surface area contributed by atoms with Crippen LogP contribution >= 0.6 is 0 Å². The fraction of sp³-hybridized carbons (Fsp3) is 0.571. The van der Waals surface area contributed by atoms with E-state index in [1.54, 1.807) is 53.4 Å². The number of carbonyl (C=O) groups is 3. The van der Waals surface area contributed by atoms with E-state index in [9.17, 15) is 14.4 Å². The molecular weight excluding hydrogens is 546 g/mol. The standard InChI is InChI=1S/C28H39N7O7/c1-17(29-23(30-24(36)41-27(2,3)4)31-25(37)42-28(5,6)7)21-32-33-22(40-21)20-14-13-19-15-34(20)26(38)35(19)39-16-18-11-9-8-10-12-18/h8-12,17,19-20H,13-16H2,1-7H3,(H2,29,30,31,36,37)/t17?,19-,20+/m1/s1. The number of piperidine rings is 1. The number of ether oxygens (including phenoxy) is 2. The molecule has 1 aromatic heterocycles. The Labute approximate surface area is 244 Å². The summed E-state index contributed by atoms with van der Waals surface area (Å²) in [4.78, 5) is 49.9. The molecule has 2 aliphatic heterocycles. The number of rotatable bonds is 6. The van der Waals surface area contributed by atoms with Gasteiger partial charge in [0.2, 0.25) is 17.7 Å². The van der Waals surface area contributed by atoms with Gasteiger partial charge in [-0.1, -0.05) is 30.3 Å². The van der Waals surface area contributed by atoms with Crippen LogP contribution in [-0.4, -0.2) is 68.1 Å². The van der Waals surface area contributed by atoms with Gasteiger partial charge in [-0.3, -0.25) is 15.5 Å². The maximum atomic E-state index is 13.2. The van der Waals surface area contributed by atoms with Crippen molar-refractivity contribution in [3.8, 4) is 0 Å². The monoisotopic (exact) mass is 585 g/mol. The number of hydroxylamine groups is 2. The number of fused-ring (bicyclic) bond motifs is 2. The van der Waals surface area contributed by atoms with E-state index in [1.165, 1.54) is 5.06 Å². The molecule has 14 heteroatoms. The summed E-state index contributed by atoms with van der Waals surface area (Å²) in [5.41, 5.74) is -0.582. The number of nitrogens with zero attached hydrogens (tertiary/aromatic N) is 5. The molecule has 3 heterocycles. The van der Waals surface area contributed by atoms with Crippen LogP contribution in [0.25, 0.3) is 0 Å². The number of aliphatic imine (C=N–C) groups is 1. The molecule has 2 fully saturated rings. The van der Waals surface area contributed by atoms with E-state index in [0.29, 0.717) is 26.0 Å². The smallest absolute Gasteiger partial charge is 0.414 e. The Morgan fingerprint density at radius 2 is 1.64 bits per heavy atom. The number of amides is 4. The van der Waals surface area contributed by atoms with Gasteiger partial charge in [-0.15, -0.1) is 10.2 Å². The number of carbonyl (C=O) groups excluding carboxylic acids is 3. The summed E-state index contributed by atoms with van der Waals surface area (Å²) < 4.78 is 16.5. The summed E-state index contributed by atoms with van der Waals surface area (Å²) in [5, 5.41) is 14.6. The first kappa shape index (κ1) is 30.8. The minimum absolute atomic E-state index is 0.0659. The van der Waals surface area contributed by atoms with Gasteiger partial charge in [-0.25, -0.2) is 19.4 Å². The van der Waals surface area contributed by atoms with Crippen LogP contribution < -0.4 is 10.6 Å². The van der Waals surface area contributed by atoms with E-state index in [1.807, 2.05) is 30.3 Å². The number of aromatic nitrogens is 2. The molecule has 2 aliphatic rings. The normalized spacial score (nSPS) is 19.3. The topological polar surface area (TPSA) is 161 Å². The van der Waals surface area contributed by atoms with Gasteiger partial charge in [0.05, 0.1) is 6.04 Å². The molecule has 2 saturated heterocycles. The zero-order chi connectivity index (χ0) is 30.7. The molecule has 2 aromatic rings. The average molecular weight is 586 g/mol. The molecule has 14 nitrogen and oxygen atoms in total. The van der Waals surface area contributed by atoms with Crippen molar-refractivity contribution >= 4 is 24.2 Å². The molecule has 4 rings (SSSR count). The van der Waals surface area contributed by atoms with Gasteiger partial charge in [0.1, 0.15) is 29.9 Å². The van der Waals surface area contributed by atoms with Gasteiger partial charge in [0, 0.05) is 6.54 Å². The molecule has 0 radical (unpaired) electrons. The van der Waals surface area contributed by atoms with E-state index in [4.69, 9.17) is 18.7 Å². The maximum Gasteiger partial charge on any atom is 0.414 e. The van der Waals surface area contributed by atoms with Crippen LogP contribution in [0, 0.1) is 0 Å². The van der Waals surface area contributed by atoms with E-state index in [2.05, 4.69) is 25.8 Å². The molecule has 0 spiro atoms. The molecule has 0 aliphatic carbocycles. The molecule has 2 bridgehead atoms. The summed E-state index contributed by atoms with van der Waals surface area (Å²) in [5.74, 6) is 0.183. The maximum absolute atomic E-state index is 13.2. The van der Waals surface area contributed by atoms with E-state index in [-0.39, 0.29) is 29.8 Å². The van der Waals surface area contributed by atoms with Gasteiger partial charge in [-0.05, 0) is 66.9 Å². The molecule has 1 unspecified atom stereocenters. The quantitative estimate of drug-likeness (QED) is 0.364. The van der Waals surface area contributed by atoms with Crippen molar-refractivity contribution in [1.29, 1.82) is 0 Å². The number of hydrogen-bond acceptors (Lipinski definition) is 10. The Morgan fingerprint density at radius 1 is 1.02 bits per heavy atom. The number of benzene rings is 1. The third kappa shape index (κ3) is 8.18. The molecule has 2 N–H and O–H groups in total. The molecule has 3 atom stereocenters. The Morgan fingerprint density at radius 3 is 2.24 bits per heavy atom. The lowest BCUT2D eigenvalue weighted by Gasteiger charge is -2.27. The van der Waals surface area contributed by atoms with Crippen LogP contribution in [0.4, 0.5) is 14.4 Å². The summed E-state index contributed by atoms with van der Waals surface area (Å²) in [6.07, 6.45) is -0.318. The highest BCUT2D eigenvalue weighted by Crippen LogP contribution is 2.38. The number of nitrogens with one attached hydrogen (secondary N) is 2. The van der Waals surface area contributed by atoms with E-state index in [0.717, 1.165) is 5.56 Å². The first-order valence-electron chi connectivity index (χ1n) is 13.9. The molecule has 1 aromatic carbocycles. The van der Waals surface area contributed by atoms with Crippen LogP contribution in [0.5, 0.6) is 0 Å². The molecular formula is C28H39N7O7. The van der Waals surface area contributed by atoms with Crippen molar-refractivity contribution in [1.82, 2.24) is 30.8 Å². The highest BCUT2D eigenvalue weighted by molar-refractivity contribution is 6.01. The van der Waals surface area contributed by atoms with Gasteiger partial charge in [-0.2, -0.15) is 5.06 Å². The van der Waals surface area contributed by atoms with Gasteiger partial charge < -0.3 is 18.8 Å². The minimum Gasteiger partial charge on any atom is -0.444 e. The van der Waals surface area contributed by atoms with Crippen molar-refractivity contribution in [3.63, 3.8) is 0 Å². The predicted molar refractivity (Wildman–Crippen MR) is 150 cm³/mol. The van der Waals surface area contributed by atoms with Crippen LogP contribution in [0.2, 0.25) is 0 Å². The fourth-order valence-electron chi connectivity index (χ4n) is 4.47. The van der Waals surface area contributed by atoms with Crippen molar-refractivity contribution in [3.05, 3.63) is 47.7 Å². The SMILES string of the molecule is CC(N=C(NC(=O)OC(C)(C)C)NC(=O)OC(C)(C)C)c1nnc([C@@H]2CC[C@@H]3CN2C(=O)N3OCc2ccccc2)o1. The third-order valence-electron chi connectivity index (χ3n) is 6.20. The lowest BCUT2D eigenvalue weighted by molar-refractivity contribution is -0.140. The summed E-state index contributed by atoms with van der Waals surface area (Å²) in [7, 11) is 0. The lowest BCUT2D eigenvalue weighted by atomic mass is 10.0. The zero-order valence-electron chi connectivity index (χ0n) is 25.0. The van der Waals surface area contributed by atoms with Gasteiger partial charge in [0.15, 0.2) is 0 Å². The molecule has 228 valence electrons. The number of urea groups is 1. The number of guanidine groups is 1. The van der Waals surface area contributed by atoms with Crippen molar-refractivity contribution < 1.29 is 33.1 Å². The van der Waals surface area contributed by atoms with Crippen LogP contribution in [-0.2, 0) is 20.9 Å². The summed E-state index contributed by atoms with van der Waals surface area (Å²) in [6.45, 7) is 12.7. The second-order valence-electron chi connectivity index (χ2n) is 12.2. The first-order valence-corrected chi connectivity index (χ1v) is 13.9. The zero-order valence-corrected chi connectivity index (χ0v) is 25.0. The Kier molecular flexibility index (Phi) is 9.04. The Balaban J connectivity index is 1.45. The average Bonchev–Trinajstić information content (AvgIpc) is 3.45. The fourth-order valence-corrected chi connectivity index (χ4v) is 4.47. The Bertz CT molecular complexity index is 1270. The van der Waals surface area contributed by atoms with Gasteiger partial charge >= 0.3 is 18.2 Å². The van der Waals surface area contributed by atoms with E-state index >= 15 is 0 Å². The van der Waals surface area contributed by atoms with Gasteiger partial charge in [0.25, 0.3) is 0 Å².